The van der Waals surface area contributed by atoms with Crippen molar-refractivity contribution in [3.05, 3.63) is 29.6 Å². The second-order valence-corrected chi connectivity index (χ2v) is 6.40. The zero-order chi connectivity index (χ0) is 16.4. The summed E-state index contributed by atoms with van der Waals surface area (Å²) in [7, 11) is 0. The summed E-state index contributed by atoms with van der Waals surface area (Å²) in [4.78, 5) is 14.7. The number of carbonyl (C=O) groups is 1. The minimum atomic E-state index is -0.497. The highest BCUT2D eigenvalue weighted by Crippen LogP contribution is 2.27. The Morgan fingerprint density at radius 1 is 1.39 bits per heavy atom. The van der Waals surface area contributed by atoms with E-state index in [0.29, 0.717) is 37.4 Å². The van der Waals surface area contributed by atoms with Crippen LogP contribution in [-0.2, 0) is 9.53 Å². The van der Waals surface area contributed by atoms with Crippen LogP contribution in [0.25, 0.3) is 0 Å². The fourth-order valence-electron chi connectivity index (χ4n) is 3.41. The number of hydrogen-bond donors (Lipinski definition) is 2. The number of anilines is 1. The first-order valence-corrected chi connectivity index (χ1v) is 8.13. The number of nitrogens with zero attached hydrogens (tertiary/aromatic N) is 1. The number of hydrogen-bond acceptors (Lipinski definition) is 4. The number of rotatable bonds is 3. The van der Waals surface area contributed by atoms with Gasteiger partial charge in [-0.2, -0.15) is 0 Å². The number of ether oxygens (including phenoxy) is 1. The smallest absolute Gasteiger partial charge is 0.241 e. The van der Waals surface area contributed by atoms with Gasteiger partial charge >= 0.3 is 0 Å². The van der Waals surface area contributed by atoms with Gasteiger partial charge in [-0.15, -0.1) is 0 Å². The lowest BCUT2D eigenvalue weighted by Crippen LogP contribution is -2.47. The van der Waals surface area contributed by atoms with Crippen LogP contribution in [-0.4, -0.2) is 53.9 Å². The van der Waals surface area contributed by atoms with Crippen LogP contribution in [0.3, 0.4) is 0 Å². The molecule has 2 heterocycles. The lowest BCUT2D eigenvalue weighted by Gasteiger charge is -2.34. The summed E-state index contributed by atoms with van der Waals surface area (Å²) in [5.74, 6) is -0.521. The number of carbonyl (C=O) groups excluding carboxylic acids is 1. The van der Waals surface area contributed by atoms with Crippen LogP contribution >= 0.6 is 0 Å². The first kappa shape index (κ1) is 16.4. The van der Waals surface area contributed by atoms with Gasteiger partial charge in [0, 0.05) is 31.5 Å². The topological polar surface area (TPSA) is 61.8 Å². The van der Waals surface area contributed by atoms with E-state index in [4.69, 9.17) is 4.74 Å². The fraction of sp³-hybridized carbons (Fsp3) is 0.588. The summed E-state index contributed by atoms with van der Waals surface area (Å²) in [5, 5.41) is 12.8. The Kier molecular flexibility index (Phi) is 4.94. The average molecular weight is 322 g/mol. The maximum atomic E-state index is 13.6. The molecule has 0 aliphatic carbocycles. The van der Waals surface area contributed by atoms with Crippen LogP contribution in [0.4, 0.5) is 10.1 Å². The molecule has 0 bridgehead atoms. The van der Waals surface area contributed by atoms with Gasteiger partial charge < -0.3 is 15.2 Å². The highest BCUT2D eigenvalue weighted by Gasteiger charge is 2.40. The number of nitrogens with one attached hydrogen (secondary N) is 1. The molecule has 5 nitrogen and oxygen atoms in total. The van der Waals surface area contributed by atoms with Gasteiger partial charge in [0.1, 0.15) is 5.82 Å². The number of likely N-dealkylation sites (tertiary alicyclic amines) is 1. The van der Waals surface area contributed by atoms with Crippen LogP contribution in [0.5, 0.6) is 0 Å². The molecule has 2 fully saturated rings. The Morgan fingerprint density at radius 3 is 2.83 bits per heavy atom. The molecule has 0 spiro atoms. The summed E-state index contributed by atoms with van der Waals surface area (Å²) >= 11 is 0. The first-order valence-electron chi connectivity index (χ1n) is 8.13. The lowest BCUT2D eigenvalue weighted by molar-refractivity contribution is -0.121. The molecular weight excluding hydrogens is 299 g/mol. The van der Waals surface area contributed by atoms with Crippen molar-refractivity contribution in [1.82, 2.24) is 4.90 Å². The van der Waals surface area contributed by atoms with E-state index in [1.54, 1.807) is 19.1 Å². The summed E-state index contributed by atoms with van der Waals surface area (Å²) in [6.07, 6.45) is 1.66. The number of halogens is 1. The summed E-state index contributed by atoms with van der Waals surface area (Å²) in [6.45, 7) is 3.57. The van der Waals surface area contributed by atoms with Crippen molar-refractivity contribution in [3.63, 3.8) is 0 Å². The van der Waals surface area contributed by atoms with Crippen molar-refractivity contribution in [2.45, 2.75) is 44.4 Å². The van der Waals surface area contributed by atoms with Crippen LogP contribution in [0.1, 0.15) is 24.8 Å². The third kappa shape index (κ3) is 3.71. The van der Waals surface area contributed by atoms with Gasteiger partial charge in [0.05, 0.1) is 12.1 Å². The summed E-state index contributed by atoms with van der Waals surface area (Å²) in [5.41, 5.74) is 0.995. The van der Waals surface area contributed by atoms with Crippen molar-refractivity contribution < 1.29 is 19.0 Å². The molecule has 3 rings (SSSR count). The number of amides is 1. The van der Waals surface area contributed by atoms with Gasteiger partial charge in [0.15, 0.2) is 0 Å². The molecule has 0 aromatic heterocycles. The van der Waals surface area contributed by atoms with Crippen LogP contribution in [0.2, 0.25) is 0 Å². The third-order valence-corrected chi connectivity index (χ3v) is 4.72. The number of benzene rings is 1. The largest absolute Gasteiger partial charge is 0.392 e. The number of aliphatic hydroxyl groups is 1. The van der Waals surface area contributed by atoms with E-state index in [0.717, 1.165) is 12.8 Å². The molecule has 1 amide bonds. The number of aliphatic hydroxyl groups excluding tert-OH is 1. The zero-order valence-corrected chi connectivity index (χ0v) is 13.3. The van der Waals surface area contributed by atoms with E-state index in [2.05, 4.69) is 10.2 Å². The standard InChI is InChI=1S/C17H23FN2O3/c1-11-2-3-12(8-15(11)18)19-17(22)16-9-14(21)10-20(16)13-4-6-23-7-5-13/h2-3,8,13-14,16,21H,4-7,9-10H2,1H3,(H,19,22)/t14-,16+/m1/s1. The lowest BCUT2D eigenvalue weighted by atomic mass is 10.1. The Labute approximate surface area is 135 Å². The zero-order valence-electron chi connectivity index (χ0n) is 13.3. The van der Waals surface area contributed by atoms with Crippen molar-refractivity contribution in [1.29, 1.82) is 0 Å². The molecule has 0 radical (unpaired) electrons. The normalized spacial score (nSPS) is 26.4. The van der Waals surface area contributed by atoms with Crippen LogP contribution < -0.4 is 5.32 Å². The molecule has 2 N–H and O–H groups in total. The van der Waals surface area contributed by atoms with Gasteiger partial charge in [0.2, 0.25) is 5.91 Å². The van der Waals surface area contributed by atoms with E-state index in [1.165, 1.54) is 6.07 Å². The maximum absolute atomic E-state index is 13.6. The molecule has 23 heavy (non-hydrogen) atoms. The highest BCUT2D eigenvalue weighted by molar-refractivity contribution is 5.95. The molecule has 1 aromatic carbocycles. The third-order valence-electron chi connectivity index (χ3n) is 4.72. The van der Waals surface area contributed by atoms with Gasteiger partial charge in [-0.1, -0.05) is 6.07 Å². The molecule has 2 aliphatic rings. The van der Waals surface area contributed by atoms with Crippen molar-refractivity contribution in [2.24, 2.45) is 0 Å². The molecule has 0 saturated carbocycles. The van der Waals surface area contributed by atoms with Crippen molar-refractivity contribution >= 4 is 11.6 Å². The highest BCUT2D eigenvalue weighted by atomic mass is 19.1. The van der Waals surface area contributed by atoms with Gasteiger partial charge in [0.25, 0.3) is 0 Å². The molecule has 2 aliphatic heterocycles. The maximum Gasteiger partial charge on any atom is 0.241 e. The van der Waals surface area contributed by atoms with E-state index in [9.17, 15) is 14.3 Å². The van der Waals surface area contributed by atoms with Crippen LogP contribution in [0, 0.1) is 12.7 Å². The predicted octanol–water partition coefficient (Wildman–Crippen LogP) is 1.69. The van der Waals surface area contributed by atoms with E-state index < -0.39 is 6.10 Å². The SMILES string of the molecule is Cc1ccc(NC(=O)[C@@H]2C[C@@H](O)CN2C2CCOCC2)cc1F. The van der Waals surface area contributed by atoms with Crippen molar-refractivity contribution in [3.8, 4) is 0 Å². The minimum Gasteiger partial charge on any atom is -0.392 e. The molecule has 2 saturated heterocycles. The summed E-state index contributed by atoms with van der Waals surface area (Å²) in [6, 6.07) is 4.55. The quantitative estimate of drug-likeness (QED) is 0.889. The van der Waals surface area contributed by atoms with Gasteiger partial charge in [-0.25, -0.2) is 4.39 Å². The Hall–Kier alpha value is -1.50. The summed E-state index contributed by atoms with van der Waals surface area (Å²) < 4.78 is 19.0. The van der Waals surface area contributed by atoms with E-state index in [-0.39, 0.29) is 23.8 Å². The predicted molar refractivity (Wildman–Crippen MR) is 84.7 cm³/mol. The monoisotopic (exact) mass is 322 g/mol. The molecule has 0 unspecified atom stereocenters. The van der Waals surface area contributed by atoms with Gasteiger partial charge in [-0.05, 0) is 43.9 Å². The van der Waals surface area contributed by atoms with E-state index in [1.807, 2.05) is 0 Å². The van der Waals surface area contributed by atoms with Gasteiger partial charge in [-0.3, -0.25) is 9.69 Å². The fourth-order valence-corrected chi connectivity index (χ4v) is 3.41. The minimum absolute atomic E-state index is 0.184. The first-order chi connectivity index (χ1) is 11.0. The Balaban J connectivity index is 1.69. The number of aryl methyl sites for hydroxylation is 1. The molecular formula is C17H23FN2O3. The number of β-amino-alcohol motifs (C(OH)–C–C–N with tert-alkyl or cyclic N) is 1. The second kappa shape index (κ2) is 6.95. The van der Waals surface area contributed by atoms with Crippen molar-refractivity contribution in [2.75, 3.05) is 25.1 Å². The van der Waals surface area contributed by atoms with E-state index >= 15 is 0 Å². The molecule has 2 atom stereocenters. The molecule has 6 heteroatoms. The average Bonchev–Trinajstić information content (AvgIpc) is 2.94. The molecule has 126 valence electrons. The van der Waals surface area contributed by atoms with Crippen LogP contribution in [0.15, 0.2) is 18.2 Å². The Morgan fingerprint density at radius 2 is 2.13 bits per heavy atom. The second-order valence-electron chi connectivity index (χ2n) is 6.40. The molecule has 1 aromatic rings. The Bertz CT molecular complexity index is 575.